The highest BCUT2D eigenvalue weighted by molar-refractivity contribution is 6.30. The summed E-state index contributed by atoms with van der Waals surface area (Å²) in [5.74, 6) is -0.393. The van der Waals surface area contributed by atoms with Crippen LogP contribution >= 0.6 is 11.6 Å². The summed E-state index contributed by atoms with van der Waals surface area (Å²) in [6, 6.07) is 7.09. The first-order valence-corrected chi connectivity index (χ1v) is 7.71. The first-order chi connectivity index (χ1) is 10.1. The molecule has 0 bridgehead atoms. The lowest BCUT2D eigenvalue weighted by Crippen LogP contribution is -2.36. The Hall–Kier alpha value is -1.55. The molecule has 5 heteroatoms. The van der Waals surface area contributed by atoms with Crippen LogP contribution in [0.4, 0.5) is 0 Å². The van der Waals surface area contributed by atoms with Gasteiger partial charge in [0.2, 0.25) is 5.91 Å². The van der Waals surface area contributed by atoms with E-state index in [9.17, 15) is 9.59 Å². The van der Waals surface area contributed by atoms with Gasteiger partial charge in [0.05, 0.1) is 0 Å². The highest BCUT2D eigenvalue weighted by Gasteiger charge is 2.21. The second-order valence-corrected chi connectivity index (χ2v) is 5.78. The van der Waals surface area contributed by atoms with E-state index in [-0.39, 0.29) is 25.0 Å². The third-order valence-electron chi connectivity index (χ3n) is 3.70. The summed E-state index contributed by atoms with van der Waals surface area (Å²) in [6.07, 6.45) is 5.24. The van der Waals surface area contributed by atoms with Gasteiger partial charge in [-0.25, -0.2) is 0 Å². The maximum Gasteiger partial charge on any atom is 0.325 e. The van der Waals surface area contributed by atoms with Crippen molar-refractivity contribution >= 4 is 23.5 Å². The number of rotatable bonds is 5. The minimum Gasteiger partial charge on any atom is -0.460 e. The van der Waals surface area contributed by atoms with E-state index in [1.165, 1.54) is 6.42 Å². The minimum absolute atomic E-state index is 0.0295. The van der Waals surface area contributed by atoms with Gasteiger partial charge in [-0.3, -0.25) is 9.59 Å². The molecule has 1 aliphatic rings. The molecule has 114 valence electrons. The Morgan fingerprint density at radius 1 is 1.14 bits per heavy atom. The lowest BCUT2D eigenvalue weighted by Gasteiger charge is -2.20. The van der Waals surface area contributed by atoms with E-state index < -0.39 is 5.97 Å². The number of hydrogen-bond acceptors (Lipinski definition) is 3. The van der Waals surface area contributed by atoms with Gasteiger partial charge in [-0.15, -0.1) is 0 Å². The molecule has 1 fully saturated rings. The van der Waals surface area contributed by atoms with Crippen LogP contribution < -0.4 is 5.32 Å². The fraction of sp³-hybridized carbons (Fsp3) is 0.500. The number of benzene rings is 1. The number of nitrogens with one attached hydrogen (secondary N) is 1. The molecule has 0 aromatic heterocycles. The Kier molecular flexibility index (Phi) is 6.05. The molecule has 0 saturated heterocycles. The van der Waals surface area contributed by atoms with E-state index in [1.54, 1.807) is 24.3 Å². The van der Waals surface area contributed by atoms with Crippen LogP contribution in [-0.4, -0.2) is 18.4 Å². The SMILES string of the molecule is O=C(CNC(=O)C1CCCCC1)OCc1ccc(Cl)cc1. The van der Waals surface area contributed by atoms with Crippen molar-refractivity contribution in [3.63, 3.8) is 0 Å². The predicted octanol–water partition coefficient (Wildman–Crippen LogP) is 3.08. The normalized spacial score (nSPS) is 15.5. The smallest absolute Gasteiger partial charge is 0.325 e. The number of carbonyl (C=O) groups excluding carboxylic acids is 2. The topological polar surface area (TPSA) is 55.4 Å². The van der Waals surface area contributed by atoms with Crippen LogP contribution in [0.25, 0.3) is 0 Å². The number of esters is 1. The number of hydrogen-bond donors (Lipinski definition) is 1. The summed E-state index contributed by atoms with van der Waals surface area (Å²) in [5.41, 5.74) is 0.867. The summed E-state index contributed by atoms with van der Waals surface area (Å²) in [7, 11) is 0. The molecule has 1 aliphatic carbocycles. The first-order valence-electron chi connectivity index (χ1n) is 7.33. The zero-order valence-corrected chi connectivity index (χ0v) is 12.7. The zero-order chi connectivity index (χ0) is 15.1. The van der Waals surface area contributed by atoms with E-state index in [0.29, 0.717) is 5.02 Å². The molecule has 0 atom stereocenters. The van der Waals surface area contributed by atoms with Crippen molar-refractivity contribution < 1.29 is 14.3 Å². The molecule has 2 rings (SSSR count). The van der Waals surface area contributed by atoms with Crippen LogP contribution in [0, 0.1) is 5.92 Å². The molecule has 4 nitrogen and oxygen atoms in total. The van der Waals surface area contributed by atoms with Crippen LogP contribution in [0.15, 0.2) is 24.3 Å². The van der Waals surface area contributed by atoms with E-state index in [2.05, 4.69) is 5.32 Å². The van der Waals surface area contributed by atoms with Crippen LogP contribution in [0.2, 0.25) is 5.02 Å². The van der Waals surface area contributed by atoms with Crippen molar-refractivity contribution in [2.24, 2.45) is 5.92 Å². The first kappa shape index (κ1) is 15.8. The van der Waals surface area contributed by atoms with Crippen molar-refractivity contribution in [3.8, 4) is 0 Å². The van der Waals surface area contributed by atoms with Crippen LogP contribution in [0.1, 0.15) is 37.7 Å². The summed E-state index contributed by atoms with van der Waals surface area (Å²) >= 11 is 5.78. The van der Waals surface area contributed by atoms with E-state index in [1.807, 2.05) is 0 Å². The van der Waals surface area contributed by atoms with Crippen molar-refractivity contribution in [2.45, 2.75) is 38.7 Å². The molecular weight excluding hydrogens is 290 g/mol. The number of ether oxygens (including phenoxy) is 1. The van der Waals surface area contributed by atoms with Gasteiger partial charge < -0.3 is 10.1 Å². The average molecular weight is 310 g/mol. The Morgan fingerprint density at radius 3 is 2.48 bits per heavy atom. The Morgan fingerprint density at radius 2 is 1.81 bits per heavy atom. The second kappa shape index (κ2) is 8.03. The quantitative estimate of drug-likeness (QED) is 0.850. The molecule has 1 aromatic carbocycles. The standard InChI is InChI=1S/C16H20ClNO3/c17-14-8-6-12(7-9-14)11-21-15(19)10-18-16(20)13-4-2-1-3-5-13/h6-9,13H,1-5,10-11H2,(H,18,20). The van der Waals surface area contributed by atoms with Gasteiger partial charge in [-0.2, -0.15) is 0 Å². The summed E-state index contributed by atoms with van der Waals surface area (Å²) in [4.78, 5) is 23.5. The maximum atomic E-state index is 11.9. The second-order valence-electron chi connectivity index (χ2n) is 5.34. The van der Waals surface area contributed by atoms with Crippen molar-refractivity contribution in [3.05, 3.63) is 34.9 Å². The van der Waals surface area contributed by atoms with Gasteiger partial charge in [0, 0.05) is 10.9 Å². The summed E-state index contributed by atoms with van der Waals surface area (Å²) in [6.45, 7) is 0.123. The molecule has 0 spiro atoms. The number of carbonyl (C=O) groups is 2. The molecule has 1 saturated carbocycles. The van der Waals surface area contributed by atoms with Crippen molar-refractivity contribution in [2.75, 3.05) is 6.54 Å². The predicted molar refractivity (Wildman–Crippen MR) is 80.8 cm³/mol. The Labute approximate surface area is 129 Å². The van der Waals surface area contributed by atoms with Crippen LogP contribution in [-0.2, 0) is 20.9 Å². The van der Waals surface area contributed by atoms with Gasteiger partial charge in [0.25, 0.3) is 0 Å². The van der Waals surface area contributed by atoms with Gasteiger partial charge in [-0.05, 0) is 30.5 Å². The molecule has 0 aliphatic heterocycles. The van der Waals surface area contributed by atoms with Crippen molar-refractivity contribution in [1.29, 1.82) is 0 Å². The molecule has 1 N–H and O–H groups in total. The summed E-state index contributed by atoms with van der Waals surface area (Å²) < 4.78 is 5.11. The van der Waals surface area contributed by atoms with E-state index in [0.717, 1.165) is 31.2 Å². The lowest BCUT2D eigenvalue weighted by molar-refractivity contribution is -0.145. The van der Waals surface area contributed by atoms with E-state index in [4.69, 9.17) is 16.3 Å². The van der Waals surface area contributed by atoms with Gasteiger partial charge >= 0.3 is 5.97 Å². The maximum absolute atomic E-state index is 11.9. The monoisotopic (exact) mass is 309 g/mol. The fourth-order valence-electron chi connectivity index (χ4n) is 2.46. The highest BCUT2D eigenvalue weighted by Crippen LogP contribution is 2.23. The largest absolute Gasteiger partial charge is 0.460 e. The van der Waals surface area contributed by atoms with Crippen LogP contribution in [0.5, 0.6) is 0 Å². The van der Waals surface area contributed by atoms with Crippen molar-refractivity contribution in [1.82, 2.24) is 5.32 Å². The third-order valence-corrected chi connectivity index (χ3v) is 3.95. The van der Waals surface area contributed by atoms with E-state index >= 15 is 0 Å². The minimum atomic E-state index is -0.422. The number of amides is 1. The van der Waals surface area contributed by atoms with Crippen LogP contribution in [0.3, 0.4) is 0 Å². The van der Waals surface area contributed by atoms with Gasteiger partial charge in [-0.1, -0.05) is 43.0 Å². The Bertz CT molecular complexity index is 481. The average Bonchev–Trinajstić information content (AvgIpc) is 2.53. The molecule has 0 radical (unpaired) electrons. The van der Waals surface area contributed by atoms with Gasteiger partial charge in [0.1, 0.15) is 13.2 Å². The molecule has 1 amide bonds. The Balaban J connectivity index is 1.67. The fourth-order valence-corrected chi connectivity index (χ4v) is 2.59. The highest BCUT2D eigenvalue weighted by atomic mass is 35.5. The molecule has 1 aromatic rings. The van der Waals surface area contributed by atoms with Gasteiger partial charge in [0.15, 0.2) is 0 Å². The molecule has 0 unspecified atom stereocenters. The summed E-state index contributed by atoms with van der Waals surface area (Å²) in [5, 5.41) is 3.31. The third kappa shape index (κ3) is 5.38. The number of halogens is 1. The molecule has 21 heavy (non-hydrogen) atoms. The molecular formula is C16H20ClNO3. The lowest BCUT2D eigenvalue weighted by atomic mass is 9.89. The zero-order valence-electron chi connectivity index (χ0n) is 11.9. The molecule has 0 heterocycles.